The number of nitrogens with one attached hydrogen (secondary N) is 2. The molecule has 0 radical (unpaired) electrons. The van der Waals surface area contributed by atoms with Crippen LogP contribution in [0.5, 0.6) is 23.0 Å². The lowest BCUT2D eigenvalue weighted by Gasteiger charge is -2.20. The summed E-state index contributed by atoms with van der Waals surface area (Å²) in [6.07, 6.45) is 2.47. The minimum absolute atomic E-state index is 0.260. The second kappa shape index (κ2) is 12.5. The van der Waals surface area contributed by atoms with Gasteiger partial charge < -0.3 is 41.0 Å². The summed E-state index contributed by atoms with van der Waals surface area (Å²) in [6, 6.07) is 7.53. The monoisotopic (exact) mass is 554 g/mol. The van der Waals surface area contributed by atoms with Gasteiger partial charge >= 0.3 is 0 Å². The van der Waals surface area contributed by atoms with Crippen molar-refractivity contribution < 1.29 is 18.9 Å². The zero-order valence-electron chi connectivity index (χ0n) is 23.2. The van der Waals surface area contributed by atoms with Crippen LogP contribution in [0.25, 0.3) is 0 Å². The van der Waals surface area contributed by atoms with Gasteiger partial charge in [0.2, 0.25) is 13.6 Å². The summed E-state index contributed by atoms with van der Waals surface area (Å²) in [5, 5.41) is 6.91. The second-order valence-electron chi connectivity index (χ2n) is 10.9. The quantitative estimate of drug-likeness (QED) is 0.213. The van der Waals surface area contributed by atoms with E-state index in [9.17, 15) is 0 Å². The number of nitrogens with zero attached hydrogens (tertiary/aromatic N) is 4. The lowest BCUT2D eigenvalue weighted by atomic mass is 10.2. The summed E-state index contributed by atoms with van der Waals surface area (Å²) in [7, 11) is 0. The van der Waals surface area contributed by atoms with Gasteiger partial charge in [-0.25, -0.2) is 0 Å². The zero-order valence-corrected chi connectivity index (χ0v) is 23.2. The van der Waals surface area contributed by atoms with Gasteiger partial charge in [-0.15, -0.1) is 0 Å². The van der Waals surface area contributed by atoms with Crippen molar-refractivity contribution in [2.45, 2.75) is 12.8 Å². The SMILES string of the molecule is Nc1cc2c(cc1NCCN1CCN(CCCCN3CCN(CCNc4cc5c(cc4N)OCO5)C3)C1)OCO2. The topological polar surface area (TPSA) is 126 Å². The molecule has 2 fully saturated rings. The number of fused-ring (bicyclic) bond motifs is 2. The van der Waals surface area contributed by atoms with Crippen molar-refractivity contribution in [1.82, 2.24) is 19.6 Å². The van der Waals surface area contributed by atoms with E-state index in [0.717, 1.165) is 113 Å². The summed E-state index contributed by atoms with van der Waals surface area (Å²) >= 11 is 0. The van der Waals surface area contributed by atoms with E-state index >= 15 is 0 Å². The Bertz CT molecular complexity index is 1080. The molecule has 4 aliphatic rings. The molecule has 0 atom stereocenters. The largest absolute Gasteiger partial charge is 0.454 e. The molecule has 6 rings (SSSR count). The van der Waals surface area contributed by atoms with Gasteiger partial charge in [-0.05, 0) is 25.9 Å². The molecule has 4 aliphatic heterocycles. The predicted molar refractivity (Wildman–Crippen MR) is 156 cm³/mol. The number of anilines is 4. The molecule has 2 aromatic carbocycles. The minimum atomic E-state index is 0.260. The molecule has 0 unspecified atom stereocenters. The highest BCUT2D eigenvalue weighted by atomic mass is 16.7. The van der Waals surface area contributed by atoms with Crippen LogP contribution in [-0.2, 0) is 0 Å². The molecule has 2 saturated heterocycles. The molecule has 4 heterocycles. The Labute approximate surface area is 236 Å². The number of unbranched alkanes of at least 4 members (excludes halogenated alkanes) is 1. The van der Waals surface area contributed by atoms with Crippen molar-refractivity contribution in [2.75, 3.05) is 114 Å². The highest BCUT2D eigenvalue weighted by Gasteiger charge is 2.22. The van der Waals surface area contributed by atoms with Crippen LogP contribution in [0.2, 0.25) is 0 Å². The summed E-state index contributed by atoms with van der Waals surface area (Å²) in [5.74, 6) is 2.95. The standard InChI is InChI=1S/C28H42N8O4/c29-21-13-25-27(39-19-37-25)15-23(21)31-3-7-35-11-9-33(17-35)5-1-2-6-34-10-12-36(18-34)8-4-32-24-16-28-26(14-22(24)30)38-20-40-28/h13-16,31-32H,1-12,17-20,29-30H2. The van der Waals surface area contributed by atoms with Crippen molar-refractivity contribution in [3.05, 3.63) is 24.3 Å². The van der Waals surface area contributed by atoms with E-state index < -0.39 is 0 Å². The van der Waals surface area contributed by atoms with Crippen LogP contribution in [0.4, 0.5) is 22.7 Å². The Morgan fingerprint density at radius 1 is 0.550 bits per heavy atom. The summed E-state index contributed by atoms with van der Waals surface area (Å²) in [5.41, 5.74) is 15.5. The molecule has 2 aromatic rings. The molecular weight excluding hydrogens is 512 g/mol. The van der Waals surface area contributed by atoms with Crippen LogP contribution in [-0.4, -0.2) is 112 Å². The van der Waals surface area contributed by atoms with Crippen molar-refractivity contribution in [1.29, 1.82) is 0 Å². The molecule has 0 aromatic heterocycles. The maximum atomic E-state index is 6.15. The average Bonchev–Trinajstić information content (AvgIpc) is 3.75. The van der Waals surface area contributed by atoms with Crippen LogP contribution in [0.15, 0.2) is 24.3 Å². The smallest absolute Gasteiger partial charge is 0.231 e. The van der Waals surface area contributed by atoms with Crippen LogP contribution in [0.1, 0.15) is 12.8 Å². The predicted octanol–water partition coefficient (Wildman–Crippen LogP) is 1.76. The molecule has 0 spiro atoms. The fourth-order valence-corrected chi connectivity index (χ4v) is 5.73. The van der Waals surface area contributed by atoms with Crippen LogP contribution >= 0.6 is 0 Å². The van der Waals surface area contributed by atoms with Crippen LogP contribution in [0, 0.1) is 0 Å². The first-order valence-electron chi connectivity index (χ1n) is 14.4. The summed E-state index contributed by atoms with van der Waals surface area (Å²) < 4.78 is 21.7. The minimum Gasteiger partial charge on any atom is -0.454 e. The summed E-state index contributed by atoms with van der Waals surface area (Å²) in [6.45, 7) is 13.1. The molecular formula is C28H42N8O4. The highest BCUT2D eigenvalue weighted by Crippen LogP contribution is 2.39. The van der Waals surface area contributed by atoms with Crippen molar-refractivity contribution in [3.8, 4) is 23.0 Å². The van der Waals surface area contributed by atoms with E-state index in [4.69, 9.17) is 30.4 Å². The Kier molecular flexibility index (Phi) is 8.37. The lowest BCUT2D eigenvalue weighted by Crippen LogP contribution is -2.31. The fraction of sp³-hybridized carbons (Fsp3) is 0.571. The molecule has 0 aliphatic carbocycles. The van der Waals surface area contributed by atoms with E-state index in [1.807, 2.05) is 24.3 Å². The number of nitrogen functional groups attached to an aromatic ring is 2. The van der Waals surface area contributed by atoms with Crippen molar-refractivity contribution in [3.63, 3.8) is 0 Å². The maximum absolute atomic E-state index is 6.15. The van der Waals surface area contributed by atoms with Gasteiger partial charge in [0.1, 0.15) is 0 Å². The third kappa shape index (κ3) is 6.52. The van der Waals surface area contributed by atoms with E-state index in [0.29, 0.717) is 11.4 Å². The first kappa shape index (κ1) is 26.9. The molecule has 0 saturated carbocycles. The van der Waals surface area contributed by atoms with Crippen LogP contribution < -0.4 is 41.0 Å². The molecule has 12 nitrogen and oxygen atoms in total. The van der Waals surface area contributed by atoms with Crippen molar-refractivity contribution >= 4 is 22.7 Å². The average molecular weight is 555 g/mol. The molecule has 0 bridgehead atoms. The lowest BCUT2D eigenvalue weighted by molar-refractivity contribution is 0.173. The molecule has 40 heavy (non-hydrogen) atoms. The van der Waals surface area contributed by atoms with Gasteiger partial charge in [-0.3, -0.25) is 19.6 Å². The Morgan fingerprint density at radius 2 is 0.925 bits per heavy atom. The number of ether oxygens (including phenoxy) is 4. The van der Waals surface area contributed by atoms with E-state index in [1.54, 1.807) is 0 Å². The number of hydrogen-bond donors (Lipinski definition) is 4. The fourth-order valence-electron chi connectivity index (χ4n) is 5.73. The van der Waals surface area contributed by atoms with Gasteiger partial charge in [-0.2, -0.15) is 0 Å². The van der Waals surface area contributed by atoms with Gasteiger partial charge in [0.15, 0.2) is 23.0 Å². The number of nitrogens with two attached hydrogens (primary N) is 2. The number of rotatable bonds is 13. The van der Waals surface area contributed by atoms with Gasteiger partial charge in [0.05, 0.1) is 36.1 Å². The number of hydrogen-bond acceptors (Lipinski definition) is 12. The Hall–Kier alpha value is -3.32. The normalized spacial score (nSPS) is 19.1. The second-order valence-corrected chi connectivity index (χ2v) is 10.9. The Morgan fingerprint density at radius 3 is 1.35 bits per heavy atom. The molecule has 12 heteroatoms. The van der Waals surface area contributed by atoms with Gasteiger partial charge in [0, 0.05) is 76.6 Å². The highest BCUT2D eigenvalue weighted by molar-refractivity contribution is 5.73. The van der Waals surface area contributed by atoms with E-state index in [1.165, 1.54) is 12.8 Å². The first-order chi connectivity index (χ1) is 19.6. The van der Waals surface area contributed by atoms with Gasteiger partial charge in [-0.1, -0.05) is 0 Å². The zero-order chi connectivity index (χ0) is 27.3. The first-order valence-corrected chi connectivity index (χ1v) is 14.4. The van der Waals surface area contributed by atoms with Crippen molar-refractivity contribution in [2.24, 2.45) is 0 Å². The summed E-state index contributed by atoms with van der Waals surface area (Å²) in [4.78, 5) is 10.1. The third-order valence-corrected chi connectivity index (χ3v) is 8.04. The molecule has 6 N–H and O–H groups in total. The molecule has 218 valence electrons. The Balaban J connectivity index is 0.813. The number of benzene rings is 2. The third-order valence-electron chi connectivity index (χ3n) is 8.04. The maximum Gasteiger partial charge on any atom is 0.231 e. The van der Waals surface area contributed by atoms with E-state index in [2.05, 4.69) is 30.2 Å². The van der Waals surface area contributed by atoms with E-state index in [-0.39, 0.29) is 13.6 Å². The van der Waals surface area contributed by atoms with Crippen LogP contribution in [0.3, 0.4) is 0 Å². The van der Waals surface area contributed by atoms with Gasteiger partial charge in [0.25, 0.3) is 0 Å². The molecule has 0 amide bonds.